The summed E-state index contributed by atoms with van der Waals surface area (Å²) < 4.78 is 1.24. The first-order valence-corrected chi connectivity index (χ1v) is 7.14. The fourth-order valence-electron chi connectivity index (χ4n) is 2.19. The Balaban J connectivity index is 1.88. The summed E-state index contributed by atoms with van der Waals surface area (Å²) in [5.74, 6) is 0. The Hall–Kier alpha value is -1.78. The summed E-state index contributed by atoms with van der Waals surface area (Å²) in [6, 6.07) is 8.63. The number of hydrogen-bond acceptors (Lipinski definition) is 4. The normalized spacial score (nSPS) is 12.7. The van der Waals surface area contributed by atoms with Gasteiger partial charge in [0.1, 0.15) is 0 Å². The molecule has 1 unspecified atom stereocenters. The van der Waals surface area contributed by atoms with Crippen molar-refractivity contribution in [3.05, 3.63) is 59.4 Å². The van der Waals surface area contributed by atoms with Crippen LogP contribution in [-0.2, 0) is 6.42 Å². The molecular formula is C15H15N3S. The van der Waals surface area contributed by atoms with E-state index in [1.54, 1.807) is 17.5 Å². The van der Waals surface area contributed by atoms with Gasteiger partial charge in [0.15, 0.2) is 0 Å². The van der Waals surface area contributed by atoms with Crippen molar-refractivity contribution in [3.63, 3.8) is 0 Å². The van der Waals surface area contributed by atoms with E-state index in [-0.39, 0.29) is 6.04 Å². The SMILES string of the molecule is CNC(Cc1cccnc1)c1cnc2ccsc2c1. The van der Waals surface area contributed by atoms with Gasteiger partial charge in [0, 0.05) is 24.6 Å². The third kappa shape index (κ3) is 2.64. The summed E-state index contributed by atoms with van der Waals surface area (Å²) in [6.45, 7) is 0. The van der Waals surface area contributed by atoms with Crippen molar-refractivity contribution >= 4 is 21.6 Å². The number of rotatable bonds is 4. The number of fused-ring (bicyclic) bond motifs is 1. The van der Waals surface area contributed by atoms with Crippen LogP contribution in [0.1, 0.15) is 17.2 Å². The topological polar surface area (TPSA) is 37.8 Å². The molecule has 3 aromatic rings. The molecule has 3 heterocycles. The highest BCUT2D eigenvalue weighted by molar-refractivity contribution is 7.17. The zero-order valence-electron chi connectivity index (χ0n) is 10.7. The molecule has 3 nitrogen and oxygen atoms in total. The highest BCUT2D eigenvalue weighted by Crippen LogP contribution is 2.24. The van der Waals surface area contributed by atoms with Crippen LogP contribution >= 0.6 is 11.3 Å². The monoisotopic (exact) mass is 269 g/mol. The maximum absolute atomic E-state index is 4.51. The molecule has 0 radical (unpaired) electrons. The Morgan fingerprint density at radius 2 is 2.26 bits per heavy atom. The molecule has 0 aliphatic heterocycles. The number of hydrogen-bond donors (Lipinski definition) is 1. The summed E-state index contributed by atoms with van der Waals surface area (Å²) in [5, 5.41) is 5.44. The second kappa shape index (κ2) is 5.47. The van der Waals surface area contributed by atoms with Gasteiger partial charge in [-0.3, -0.25) is 9.97 Å². The number of nitrogens with one attached hydrogen (secondary N) is 1. The average Bonchev–Trinajstić information content (AvgIpc) is 2.93. The molecule has 0 aliphatic carbocycles. The van der Waals surface area contributed by atoms with Gasteiger partial charge in [0.05, 0.1) is 10.2 Å². The quantitative estimate of drug-likeness (QED) is 0.790. The second-order valence-electron chi connectivity index (χ2n) is 4.48. The van der Waals surface area contributed by atoms with Crippen LogP contribution in [0, 0.1) is 0 Å². The van der Waals surface area contributed by atoms with Gasteiger partial charge in [0.25, 0.3) is 0 Å². The van der Waals surface area contributed by atoms with E-state index in [2.05, 4.69) is 38.9 Å². The van der Waals surface area contributed by atoms with E-state index in [1.165, 1.54) is 15.8 Å². The van der Waals surface area contributed by atoms with Gasteiger partial charge >= 0.3 is 0 Å². The molecule has 1 atom stereocenters. The van der Waals surface area contributed by atoms with Gasteiger partial charge in [-0.1, -0.05) is 6.07 Å². The minimum absolute atomic E-state index is 0.267. The zero-order valence-corrected chi connectivity index (χ0v) is 11.5. The van der Waals surface area contributed by atoms with E-state index >= 15 is 0 Å². The van der Waals surface area contributed by atoms with Crippen LogP contribution in [0.15, 0.2) is 48.2 Å². The molecule has 1 N–H and O–H groups in total. The van der Waals surface area contributed by atoms with Gasteiger partial charge in [-0.15, -0.1) is 11.3 Å². The van der Waals surface area contributed by atoms with Crippen molar-refractivity contribution in [3.8, 4) is 0 Å². The van der Waals surface area contributed by atoms with E-state index in [0.717, 1.165) is 11.9 Å². The van der Waals surface area contributed by atoms with Crippen LogP contribution < -0.4 is 5.32 Å². The Bertz CT molecular complexity index is 663. The average molecular weight is 269 g/mol. The van der Waals surface area contributed by atoms with Crippen molar-refractivity contribution in [2.75, 3.05) is 7.05 Å². The van der Waals surface area contributed by atoms with Crippen molar-refractivity contribution in [2.24, 2.45) is 0 Å². The number of nitrogens with zero attached hydrogens (tertiary/aromatic N) is 2. The maximum atomic E-state index is 4.51. The van der Waals surface area contributed by atoms with Crippen LogP contribution in [0.3, 0.4) is 0 Å². The minimum atomic E-state index is 0.267. The molecular weight excluding hydrogens is 254 g/mol. The zero-order chi connectivity index (χ0) is 13.1. The standard InChI is InChI=1S/C15H15N3S/c1-16-14(7-11-3-2-5-17-9-11)12-8-15-13(18-10-12)4-6-19-15/h2-6,8-10,14,16H,7H2,1H3. The highest BCUT2D eigenvalue weighted by Gasteiger charge is 2.11. The third-order valence-electron chi connectivity index (χ3n) is 3.24. The minimum Gasteiger partial charge on any atom is -0.313 e. The molecule has 3 aromatic heterocycles. The highest BCUT2D eigenvalue weighted by atomic mass is 32.1. The largest absolute Gasteiger partial charge is 0.313 e. The van der Waals surface area contributed by atoms with Crippen LogP contribution in [0.25, 0.3) is 10.2 Å². The van der Waals surface area contributed by atoms with Gasteiger partial charge < -0.3 is 5.32 Å². The number of likely N-dealkylation sites (N-methyl/N-ethyl adjacent to an activating group) is 1. The molecule has 0 spiro atoms. The van der Waals surface area contributed by atoms with Gasteiger partial charge in [-0.25, -0.2) is 0 Å². The van der Waals surface area contributed by atoms with Gasteiger partial charge in [0.2, 0.25) is 0 Å². The molecule has 3 rings (SSSR count). The van der Waals surface area contributed by atoms with Crippen LogP contribution in [0.5, 0.6) is 0 Å². The molecule has 4 heteroatoms. The Labute approximate surface area is 116 Å². The number of pyridine rings is 2. The van der Waals surface area contributed by atoms with Crippen LogP contribution in [0.4, 0.5) is 0 Å². The summed E-state index contributed by atoms with van der Waals surface area (Å²) in [5.41, 5.74) is 3.53. The molecule has 19 heavy (non-hydrogen) atoms. The lowest BCUT2D eigenvalue weighted by molar-refractivity contribution is 0.590. The number of thiophene rings is 1. The van der Waals surface area contributed by atoms with E-state index in [1.807, 2.05) is 25.5 Å². The Kier molecular flexibility index (Phi) is 3.53. The first-order valence-electron chi connectivity index (χ1n) is 6.26. The van der Waals surface area contributed by atoms with Crippen molar-refractivity contribution < 1.29 is 0 Å². The molecule has 0 aromatic carbocycles. The van der Waals surface area contributed by atoms with Gasteiger partial charge in [-0.05, 0) is 48.2 Å². The molecule has 0 aliphatic rings. The van der Waals surface area contributed by atoms with E-state index in [9.17, 15) is 0 Å². The Morgan fingerprint density at radius 1 is 1.32 bits per heavy atom. The lowest BCUT2D eigenvalue weighted by Gasteiger charge is -2.16. The van der Waals surface area contributed by atoms with Crippen LogP contribution in [-0.4, -0.2) is 17.0 Å². The first kappa shape index (κ1) is 12.3. The predicted molar refractivity (Wildman–Crippen MR) is 79.4 cm³/mol. The molecule has 0 fully saturated rings. The first-order chi connectivity index (χ1) is 9.36. The molecule has 0 saturated carbocycles. The van der Waals surface area contributed by atoms with Crippen molar-refractivity contribution in [1.29, 1.82) is 0 Å². The smallest absolute Gasteiger partial charge is 0.0809 e. The fourth-order valence-corrected chi connectivity index (χ4v) is 2.98. The van der Waals surface area contributed by atoms with Crippen molar-refractivity contribution in [1.82, 2.24) is 15.3 Å². The van der Waals surface area contributed by atoms with E-state index < -0.39 is 0 Å². The van der Waals surface area contributed by atoms with E-state index in [4.69, 9.17) is 0 Å². The molecule has 0 saturated heterocycles. The predicted octanol–water partition coefficient (Wildman–Crippen LogP) is 3.19. The number of aromatic nitrogens is 2. The maximum Gasteiger partial charge on any atom is 0.0809 e. The summed E-state index contributed by atoms with van der Waals surface area (Å²) in [6.07, 6.45) is 6.61. The fraction of sp³-hybridized carbons (Fsp3) is 0.200. The van der Waals surface area contributed by atoms with Crippen molar-refractivity contribution in [2.45, 2.75) is 12.5 Å². The summed E-state index contributed by atoms with van der Waals surface area (Å²) in [7, 11) is 1.99. The third-order valence-corrected chi connectivity index (χ3v) is 4.09. The Morgan fingerprint density at radius 3 is 3.05 bits per heavy atom. The molecule has 0 bridgehead atoms. The van der Waals surface area contributed by atoms with Crippen LogP contribution in [0.2, 0.25) is 0 Å². The lowest BCUT2D eigenvalue weighted by Crippen LogP contribution is -2.19. The van der Waals surface area contributed by atoms with E-state index in [0.29, 0.717) is 0 Å². The molecule has 0 amide bonds. The lowest BCUT2D eigenvalue weighted by atomic mass is 10.0. The van der Waals surface area contributed by atoms with Gasteiger partial charge in [-0.2, -0.15) is 0 Å². The summed E-state index contributed by atoms with van der Waals surface area (Å²) in [4.78, 5) is 8.67. The second-order valence-corrected chi connectivity index (χ2v) is 5.43. The molecule has 96 valence electrons. The summed E-state index contributed by atoms with van der Waals surface area (Å²) >= 11 is 1.73.